The zero-order valence-corrected chi connectivity index (χ0v) is 11.3. The highest BCUT2D eigenvalue weighted by Gasteiger charge is 2.11. The minimum atomic E-state index is -0.256. The Morgan fingerprint density at radius 3 is 2.65 bits per heavy atom. The normalized spacial score (nSPS) is 10.9. The van der Waals surface area contributed by atoms with E-state index >= 15 is 0 Å². The molecule has 0 spiro atoms. The highest BCUT2D eigenvalue weighted by Crippen LogP contribution is 2.25. The summed E-state index contributed by atoms with van der Waals surface area (Å²) in [6.45, 7) is 4.33. The quantitative estimate of drug-likeness (QED) is 0.795. The van der Waals surface area contributed by atoms with Gasteiger partial charge in [-0.15, -0.1) is 0 Å². The highest BCUT2D eigenvalue weighted by molar-refractivity contribution is 5.84. The van der Waals surface area contributed by atoms with Gasteiger partial charge < -0.3 is 9.72 Å². The van der Waals surface area contributed by atoms with Crippen molar-refractivity contribution < 1.29 is 9.13 Å². The lowest BCUT2D eigenvalue weighted by Gasteiger charge is -2.06. The lowest BCUT2D eigenvalue weighted by atomic mass is 10.2. The Hall–Kier alpha value is -2.43. The third-order valence-corrected chi connectivity index (χ3v) is 3.33. The summed E-state index contributed by atoms with van der Waals surface area (Å²) in [5.74, 6) is 0.254. The molecule has 1 N–H and O–H groups in total. The van der Waals surface area contributed by atoms with Crippen LogP contribution in [0.15, 0.2) is 30.6 Å². The van der Waals surface area contributed by atoms with Gasteiger partial charge in [0, 0.05) is 5.69 Å². The van der Waals surface area contributed by atoms with E-state index in [1.54, 1.807) is 12.1 Å². The van der Waals surface area contributed by atoms with E-state index in [0.717, 1.165) is 27.9 Å². The van der Waals surface area contributed by atoms with Crippen LogP contribution in [0.2, 0.25) is 0 Å². The van der Waals surface area contributed by atoms with Gasteiger partial charge in [-0.1, -0.05) is 12.1 Å². The number of H-pyrrole nitrogens is 1. The maximum absolute atomic E-state index is 12.8. The summed E-state index contributed by atoms with van der Waals surface area (Å²) in [6, 6.07) is 6.21. The third kappa shape index (κ3) is 2.22. The van der Waals surface area contributed by atoms with Crippen LogP contribution < -0.4 is 4.74 Å². The van der Waals surface area contributed by atoms with Gasteiger partial charge in [-0.3, -0.25) is 0 Å². The molecule has 0 saturated heterocycles. The number of aromatic nitrogens is 3. The topological polar surface area (TPSA) is 50.8 Å². The first kappa shape index (κ1) is 12.6. The van der Waals surface area contributed by atoms with E-state index in [0.29, 0.717) is 12.5 Å². The molecule has 0 aliphatic heterocycles. The first-order valence-corrected chi connectivity index (χ1v) is 6.32. The van der Waals surface area contributed by atoms with Crippen LogP contribution in [0.4, 0.5) is 4.39 Å². The number of hydrogen-bond donors (Lipinski definition) is 1. The number of halogens is 1. The highest BCUT2D eigenvalue weighted by atomic mass is 19.1. The molecule has 0 atom stereocenters. The molecule has 0 amide bonds. The number of aryl methyl sites for hydroxylation is 2. The first-order valence-electron chi connectivity index (χ1n) is 6.32. The van der Waals surface area contributed by atoms with Gasteiger partial charge in [0.1, 0.15) is 24.3 Å². The molecule has 0 radical (unpaired) electrons. The van der Waals surface area contributed by atoms with Gasteiger partial charge in [0.25, 0.3) is 0 Å². The van der Waals surface area contributed by atoms with E-state index in [2.05, 4.69) is 15.0 Å². The molecule has 3 rings (SSSR count). The SMILES string of the molecule is Cc1[nH]c2c(OCc3ccc(F)cc3)ncnc2c1C. The average Bonchev–Trinajstić information content (AvgIpc) is 2.75. The molecule has 0 aliphatic rings. The molecule has 20 heavy (non-hydrogen) atoms. The monoisotopic (exact) mass is 271 g/mol. The number of nitrogens with one attached hydrogen (secondary N) is 1. The summed E-state index contributed by atoms with van der Waals surface area (Å²) in [5.41, 5.74) is 4.69. The molecule has 0 aliphatic carbocycles. The van der Waals surface area contributed by atoms with Crippen molar-refractivity contribution in [3.8, 4) is 5.88 Å². The molecular formula is C15H14FN3O. The van der Waals surface area contributed by atoms with Crippen molar-refractivity contribution in [3.63, 3.8) is 0 Å². The summed E-state index contributed by atoms with van der Waals surface area (Å²) in [7, 11) is 0. The summed E-state index contributed by atoms with van der Waals surface area (Å²) in [4.78, 5) is 11.6. The minimum Gasteiger partial charge on any atom is -0.471 e. The largest absolute Gasteiger partial charge is 0.471 e. The summed E-state index contributed by atoms with van der Waals surface area (Å²) >= 11 is 0. The number of aromatic amines is 1. The van der Waals surface area contributed by atoms with Crippen LogP contribution in [0.5, 0.6) is 5.88 Å². The molecular weight excluding hydrogens is 257 g/mol. The molecule has 102 valence electrons. The Morgan fingerprint density at radius 1 is 1.15 bits per heavy atom. The molecule has 0 fully saturated rings. The molecule has 2 heterocycles. The second kappa shape index (κ2) is 4.92. The van der Waals surface area contributed by atoms with Gasteiger partial charge in [0.2, 0.25) is 5.88 Å². The summed E-state index contributed by atoms with van der Waals surface area (Å²) in [6.07, 6.45) is 1.49. The molecule has 2 aromatic heterocycles. The molecule has 0 unspecified atom stereocenters. The van der Waals surface area contributed by atoms with Crippen LogP contribution in [0.3, 0.4) is 0 Å². The number of benzene rings is 1. The van der Waals surface area contributed by atoms with Crippen molar-refractivity contribution in [2.45, 2.75) is 20.5 Å². The molecule has 1 aromatic carbocycles. The fourth-order valence-electron chi connectivity index (χ4n) is 2.07. The fraction of sp³-hybridized carbons (Fsp3) is 0.200. The first-order chi connectivity index (χ1) is 9.65. The lowest BCUT2D eigenvalue weighted by Crippen LogP contribution is -1.98. The van der Waals surface area contributed by atoms with Crippen molar-refractivity contribution in [1.82, 2.24) is 15.0 Å². The Bertz CT molecular complexity index is 750. The fourth-order valence-corrected chi connectivity index (χ4v) is 2.07. The smallest absolute Gasteiger partial charge is 0.241 e. The number of nitrogens with zero attached hydrogens (tertiary/aromatic N) is 2. The van der Waals surface area contributed by atoms with Crippen LogP contribution in [0.25, 0.3) is 11.0 Å². The Kier molecular flexibility index (Phi) is 3.10. The zero-order chi connectivity index (χ0) is 14.1. The van der Waals surface area contributed by atoms with Crippen molar-refractivity contribution >= 4 is 11.0 Å². The number of rotatable bonds is 3. The van der Waals surface area contributed by atoms with Gasteiger partial charge in [0.05, 0.1) is 5.52 Å². The Balaban J connectivity index is 1.87. The predicted molar refractivity (Wildman–Crippen MR) is 74.1 cm³/mol. The number of ether oxygens (including phenoxy) is 1. The van der Waals surface area contributed by atoms with Crippen LogP contribution in [0.1, 0.15) is 16.8 Å². The van der Waals surface area contributed by atoms with E-state index < -0.39 is 0 Å². The maximum Gasteiger partial charge on any atom is 0.241 e. The molecule has 0 saturated carbocycles. The second-order valence-corrected chi connectivity index (χ2v) is 4.69. The third-order valence-electron chi connectivity index (χ3n) is 3.33. The molecule has 0 bridgehead atoms. The van der Waals surface area contributed by atoms with Gasteiger partial charge in [-0.05, 0) is 37.1 Å². The van der Waals surface area contributed by atoms with Gasteiger partial charge >= 0.3 is 0 Å². The van der Waals surface area contributed by atoms with Gasteiger partial charge in [0.15, 0.2) is 0 Å². The van der Waals surface area contributed by atoms with Gasteiger partial charge in [-0.25, -0.2) is 9.37 Å². The van der Waals surface area contributed by atoms with Crippen LogP contribution in [-0.4, -0.2) is 15.0 Å². The number of fused-ring (bicyclic) bond motifs is 1. The van der Waals surface area contributed by atoms with E-state index in [1.807, 2.05) is 13.8 Å². The average molecular weight is 271 g/mol. The van der Waals surface area contributed by atoms with Crippen LogP contribution in [0, 0.1) is 19.7 Å². The lowest BCUT2D eigenvalue weighted by molar-refractivity contribution is 0.297. The van der Waals surface area contributed by atoms with Crippen molar-refractivity contribution in [1.29, 1.82) is 0 Å². The zero-order valence-electron chi connectivity index (χ0n) is 11.3. The summed E-state index contributed by atoms with van der Waals surface area (Å²) in [5, 5.41) is 0. The Morgan fingerprint density at radius 2 is 1.90 bits per heavy atom. The maximum atomic E-state index is 12.8. The number of hydrogen-bond acceptors (Lipinski definition) is 3. The van der Waals surface area contributed by atoms with E-state index in [-0.39, 0.29) is 5.82 Å². The predicted octanol–water partition coefficient (Wildman–Crippen LogP) is 3.29. The van der Waals surface area contributed by atoms with Crippen LogP contribution >= 0.6 is 0 Å². The molecule has 4 nitrogen and oxygen atoms in total. The molecule has 5 heteroatoms. The van der Waals surface area contributed by atoms with Crippen molar-refractivity contribution in [3.05, 3.63) is 53.2 Å². The van der Waals surface area contributed by atoms with Gasteiger partial charge in [-0.2, -0.15) is 4.98 Å². The summed E-state index contributed by atoms with van der Waals surface area (Å²) < 4.78 is 18.5. The Labute approximate surface area is 115 Å². The second-order valence-electron chi connectivity index (χ2n) is 4.69. The van der Waals surface area contributed by atoms with Crippen molar-refractivity contribution in [2.75, 3.05) is 0 Å². The standard InChI is InChI=1S/C15H14FN3O/c1-9-10(2)19-14-13(9)17-8-18-15(14)20-7-11-3-5-12(16)6-4-11/h3-6,8,19H,7H2,1-2H3. The van der Waals surface area contributed by atoms with E-state index in [4.69, 9.17) is 4.74 Å². The van der Waals surface area contributed by atoms with E-state index in [9.17, 15) is 4.39 Å². The van der Waals surface area contributed by atoms with Crippen LogP contribution in [-0.2, 0) is 6.61 Å². The molecule has 3 aromatic rings. The van der Waals surface area contributed by atoms with Crippen molar-refractivity contribution in [2.24, 2.45) is 0 Å². The van der Waals surface area contributed by atoms with E-state index in [1.165, 1.54) is 18.5 Å². The minimum absolute atomic E-state index is 0.256.